The molecule has 0 bridgehead atoms. The van der Waals surface area contributed by atoms with Crippen LogP contribution in [0.2, 0.25) is 0 Å². The van der Waals surface area contributed by atoms with Crippen LogP contribution < -0.4 is 5.48 Å². The second kappa shape index (κ2) is 3.57. The van der Waals surface area contributed by atoms with E-state index in [0.29, 0.717) is 22.0 Å². The maximum absolute atomic E-state index is 10.9. The molecule has 0 aliphatic rings. The third-order valence-corrected chi connectivity index (χ3v) is 2.80. The van der Waals surface area contributed by atoms with Crippen LogP contribution in [0, 0.1) is 4.91 Å². The maximum atomic E-state index is 10.9. The van der Waals surface area contributed by atoms with Crippen LogP contribution in [-0.4, -0.2) is 5.21 Å². The van der Waals surface area contributed by atoms with E-state index < -0.39 is 0 Å². The highest BCUT2D eigenvalue weighted by atomic mass is 16.5. The van der Waals surface area contributed by atoms with Crippen LogP contribution in [-0.2, 0) is 0 Å². The number of rotatable bonds is 2. The van der Waals surface area contributed by atoms with Crippen LogP contribution in [0.1, 0.15) is 0 Å². The average molecular weight is 228 g/mol. The van der Waals surface area contributed by atoms with Gasteiger partial charge in [-0.25, -0.2) is 0 Å². The van der Waals surface area contributed by atoms with Gasteiger partial charge in [0.25, 0.3) is 0 Å². The van der Waals surface area contributed by atoms with Crippen LogP contribution in [0.25, 0.3) is 21.7 Å². The quantitative estimate of drug-likeness (QED) is 0.517. The first kappa shape index (κ1) is 9.80. The van der Waals surface area contributed by atoms with E-state index in [-0.39, 0.29) is 5.69 Å². The summed E-state index contributed by atoms with van der Waals surface area (Å²) in [6, 6.07) is 8.96. The van der Waals surface area contributed by atoms with Gasteiger partial charge in [-0.15, -0.1) is 4.91 Å². The van der Waals surface area contributed by atoms with Crippen molar-refractivity contribution in [3.05, 3.63) is 41.5 Å². The molecule has 0 spiro atoms. The molecular weight excluding hydrogens is 220 g/mol. The van der Waals surface area contributed by atoms with Gasteiger partial charge in [0.1, 0.15) is 11.3 Å². The second-order valence-corrected chi connectivity index (χ2v) is 3.64. The summed E-state index contributed by atoms with van der Waals surface area (Å²) in [5, 5.41) is 14.2. The van der Waals surface area contributed by atoms with Gasteiger partial charge in [0.15, 0.2) is 0 Å². The molecule has 3 rings (SSSR count). The molecule has 2 aromatic carbocycles. The molecule has 84 valence electrons. The zero-order valence-corrected chi connectivity index (χ0v) is 8.68. The highest BCUT2D eigenvalue weighted by molar-refractivity contribution is 6.17. The summed E-state index contributed by atoms with van der Waals surface area (Å²) in [7, 11) is 0. The first-order valence-corrected chi connectivity index (χ1v) is 5.02. The number of furan rings is 1. The van der Waals surface area contributed by atoms with Crippen LogP contribution in [0.5, 0.6) is 0 Å². The molecule has 0 unspecified atom stereocenters. The van der Waals surface area contributed by atoms with Gasteiger partial charge in [0, 0.05) is 10.8 Å². The zero-order valence-electron chi connectivity index (χ0n) is 8.68. The fraction of sp³-hybridized carbons (Fsp3) is 0. The first-order chi connectivity index (χ1) is 8.36. The molecule has 5 nitrogen and oxygen atoms in total. The summed E-state index contributed by atoms with van der Waals surface area (Å²) in [6.45, 7) is 0. The molecule has 2 N–H and O–H groups in total. The Morgan fingerprint density at radius 3 is 2.59 bits per heavy atom. The van der Waals surface area contributed by atoms with Crippen molar-refractivity contribution >= 4 is 33.1 Å². The molecular formula is C12H8N2O3. The Hall–Kier alpha value is -2.40. The molecule has 0 aliphatic carbocycles. The fourth-order valence-corrected chi connectivity index (χ4v) is 2.07. The molecule has 0 radical (unpaired) electrons. The Bertz CT molecular complexity index is 718. The summed E-state index contributed by atoms with van der Waals surface area (Å²) >= 11 is 0. The average Bonchev–Trinajstić information content (AvgIpc) is 2.86. The normalized spacial score (nSPS) is 10.9. The molecule has 0 saturated heterocycles. The minimum atomic E-state index is 0.148. The molecule has 0 aliphatic heterocycles. The zero-order chi connectivity index (χ0) is 11.8. The fourth-order valence-electron chi connectivity index (χ4n) is 2.07. The molecule has 17 heavy (non-hydrogen) atoms. The van der Waals surface area contributed by atoms with E-state index in [2.05, 4.69) is 5.18 Å². The van der Waals surface area contributed by atoms with E-state index in [9.17, 15) is 4.91 Å². The topological polar surface area (TPSA) is 74.8 Å². The van der Waals surface area contributed by atoms with Gasteiger partial charge < -0.3 is 4.42 Å². The molecule has 1 heterocycles. The van der Waals surface area contributed by atoms with Crippen molar-refractivity contribution in [3.63, 3.8) is 0 Å². The lowest BCUT2D eigenvalue weighted by Gasteiger charge is -2.07. The van der Waals surface area contributed by atoms with Gasteiger partial charge in [-0.2, -0.15) is 0 Å². The van der Waals surface area contributed by atoms with Gasteiger partial charge in [0.05, 0.1) is 17.3 Å². The monoisotopic (exact) mass is 228 g/mol. The number of hydrogen-bond acceptors (Lipinski definition) is 5. The number of nitrogens with zero attached hydrogens (tertiary/aromatic N) is 1. The number of anilines is 1. The van der Waals surface area contributed by atoms with Gasteiger partial charge in [0.2, 0.25) is 0 Å². The summed E-state index contributed by atoms with van der Waals surface area (Å²) in [5.74, 6) is 0. The highest BCUT2D eigenvalue weighted by Crippen LogP contribution is 2.41. The molecule has 5 heteroatoms. The predicted octanol–water partition coefficient (Wildman–Crippen LogP) is 3.79. The first-order valence-electron chi connectivity index (χ1n) is 5.02. The number of hydrogen-bond donors (Lipinski definition) is 2. The van der Waals surface area contributed by atoms with E-state index in [4.69, 9.17) is 9.62 Å². The third kappa shape index (κ3) is 1.23. The Kier molecular flexibility index (Phi) is 2.06. The van der Waals surface area contributed by atoms with E-state index in [1.807, 2.05) is 23.7 Å². The summed E-state index contributed by atoms with van der Waals surface area (Å²) in [4.78, 5) is 10.9. The Balaban J connectivity index is 2.64. The molecule has 0 atom stereocenters. The van der Waals surface area contributed by atoms with Crippen molar-refractivity contribution in [1.29, 1.82) is 0 Å². The molecule has 0 fully saturated rings. The van der Waals surface area contributed by atoms with E-state index in [0.717, 1.165) is 5.39 Å². The lowest BCUT2D eigenvalue weighted by molar-refractivity contribution is 0.390. The van der Waals surface area contributed by atoms with Crippen molar-refractivity contribution in [2.24, 2.45) is 5.18 Å². The summed E-state index contributed by atoms with van der Waals surface area (Å²) < 4.78 is 5.36. The van der Waals surface area contributed by atoms with Crippen LogP contribution in [0.15, 0.2) is 46.2 Å². The maximum Gasteiger partial charge on any atom is 0.145 e. The number of nitroso groups, excluding NO2 is 1. The smallest absolute Gasteiger partial charge is 0.145 e. The van der Waals surface area contributed by atoms with Gasteiger partial charge in [-0.3, -0.25) is 10.7 Å². The summed E-state index contributed by atoms with van der Waals surface area (Å²) in [6.07, 6.45) is 1.49. The lowest BCUT2D eigenvalue weighted by Crippen LogP contribution is -1.91. The minimum Gasteiger partial charge on any atom is -0.464 e. The van der Waals surface area contributed by atoms with Crippen molar-refractivity contribution in [2.45, 2.75) is 0 Å². The third-order valence-electron chi connectivity index (χ3n) is 2.80. The predicted molar refractivity (Wildman–Crippen MR) is 64.6 cm³/mol. The molecule has 1 aromatic heterocycles. The van der Waals surface area contributed by atoms with Crippen LogP contribution in [0.3, 0.4) is 0 Å². The highest BCUT2D eigenvalue weighted by Gasteiger charge is 2.16. The SMILES string of the molecule is O=Nc1c(NO)c2ccccc2c2occc12. The Labute approximate surface area is 95.6 Å². The van der Waals surface area contributed by atoms with Gasteiger partial charge in [-0.1, -0.05) is 24.3 Å². The second-order valence-electron chi connectivity index (χ2n) is 3.64. The lowest BCUT2D eigenvalue weighted by atomic mass is 10.0. The Morgan fingerprint density at radius 1 is 1.12 bits per heavy atom. The number of nitrogens with one attached hydrogen (secondary N) is 1. The number of fused-ring (bicyclic) bond motifs is 3. The van der Waals surface area contributed by atoms with Gasteiger partial charge in [-0.05, 0) is 11.2 Å². The molecule has 0 saturated carbocycles. The molecule has 0 amide bonds. The van der Waals surface area contributed by atoms with Gasteiger partial charge >= 0.3 is 0 Å². The largest absolute Gasteiger partial charge is 0.464 e. The van der Waals surface area contributed by atoms with E-state index in [1.165, 1.54) is 6.26 Å². The number of benzene rings is 2. The van der Waals surface area contributed by atoms with Crippen molar-refractivity contribution in [2.75, 3.05) is 5.48 Å². The molecule has 3 aromatic rings. The van der Waals surface area contributed by atoms with Crippen molar-refractivity contribution < 1.29 is 9.62 Å². The minimum absolute atomic E-state index is 0.148. The van der Waals surface area contributed by atoms with E-state index >= 15 is 0 Å². The Morgan fingerprint density at radius 2 is 1.88 bits per heavy atom. The van der Waals surface area contributed by atoms with Crippen molar-refractivity contribution in [1.82, 2.24) is 0 Å². The van der Waals surface area contributed by atoms with Crippen LogP contribution in [0.4, 0.5) is 11.4 Å². The van der Waals surface area contributed by atoms with Crippen LogP contribution >= 0.6 is 0 Å². The summed E-state index contributed by atoms with van der Waals surface area (Å²) in [5.41, 5.74) is 3.07. The van der Waals surface area contributed by atoms with Crippen molar-refractivity contribution in [3.8, 4) is 0 Å². The van der Waals surface area contributed by atoms with E-state index in [1.54, 1.807) is 12.1 Å². The standard InChI is InChI=1S/C12H8N2O3/c15-13-10-7-3-1-2-4-8(7)12-9(5-6-17-12)11(10)14-16/h1-6,13,15H.